The SMILES string of the molecule is C[C@H](c1ccc(C(=O)NCCC(=O)O)cc1)n1nc(-c2cc(Cl)cc(Cl)c2)cc1OS(=O)(=O)C(F)(F)F. The maximum Gasteiger partial charge on any atom is 0.534 e. The second-order valence-corrected chi connectivity index (χ2v) is 10.1. The second kappa shape index (κ2) is 11.0. The molecule has 9 nitrogen and oxygen atoms in total. The Kier molecular flexibility index (Phi) is 8.40. The molecule has 2 N–H and O–H groups in total. The van der Waals surface area contributed by atoms with Gasteiger partial charge in [-0.3, -0.25) is 9.59 Å². The third-order valence-electron chi connectivity index (χ3n) is 4.98. The molecule has 0 aliphatic carbocycles. The van der Waals surface area contributed by atoms with Crippen LogP contribution in [0.15, 0.2) is 48.5 Å². The molecule has 3 aromatic rings. The first kappa shape index (κ1) is 28.3. The highest BCUT2D eigenvalue weighted by molar-refractivity contribution is 7.87. The Morgan fingerprint density at radius 3 is 2.24 bits per heavy atom. The number of benzene rings is 2. The first-order chi connectivity index (χ1) is 17.2. The van der Waals surface area contributed by atoms with Gasteiger partial charge in [-0.1, -0.05) is 35.3 Å². The lowest BCUT2D eigenvalue weighted by Crippen LogP contribution is -2.29. The number of hydrogen-bond donors (Lipinski definition) is 2. The summed E-state index contributed by atoms with van der Waals surface area (Å²) < 4.78 is 67.8. The van der Waals surface area contributed by atoms with E-state index >= 15 is 0 Å². The third kappa shape index (κ3) is 6.93. The Morgan fingerprint density at radius 2 is 1.70 bits per heavy atom. The minimum atomic E-state index is -6.01. The van der Waals surface area contributed by atoms with Crippen molar-refractivity contribution in [2.75, 3.05) is 6.54 Å². The quantitative estimate of drug-likeness (QED) is 0.272. The number of carboxylic acids is 1. The molecule has 1 heterocycles. The highest BCUT2D eigenvalue weighted by Crippen LogP contribution is 2.34. The number of rotatable bonds is 9. The smallest absolute Gasteiger partial charge is 0.481 e. The fourth-order valence-corrected chi connectivity index (χ4v) is 4.13. The maximum absolute atomic E-state index is 13.0. The third-order valence-corrected chi connectivity index (χ3v) is 6.38. The zero-order valence-corrected chi connectivity index (χ0v) is 21.1. The number of aliphatic carboxylic acids is 1. The van der Waals surface area contributed by atoms with E-state index in [1.54, 1.807) is 0 Å². The van der Waals surface area contributed by atoms with Gasteiger partial charge in [-0.25, -0.2) is 4.68 Å². The number of hydrogen-bond acceptors (Lipinski definition) is 6. The van der Waals surface area contributed by atoms with Gasteiger partial charge in [0.2, 0.25) is 5.88 Å². The van der Waals surface area contributed by atoms with Crippen LogP contribution in [0.3, 0.4) is 0 Å². The van der Waals surface area contributed by atoms with Gasteiger partial charge in [-0.05, 0) is 42.8 Å². The molecule has 2 aromatic carbocycles. The van der Waals surface area contributed by atoms with E-state index in [0.29, 0.717) is 11.1 Å². The number of aromatic nitrogens is 2. The molecule has 0 aliphatic rings. The highest BCUT2D eigenvalue weighted by atomic mass is 35.5. The summed E-state index contributed by atoms with van der Waals surface area (Å²) in [5.74, 6) is -2.32. The number of halogens is 5. The summed E-state index contributed by atoms with van der Waals surface area (Å²) in [5.41, 5.74) is -4.70. The van der Waals surface area contributed by atoms with Crippen LogP contribution in [-0.2, 0) is 14.9 Å². The van der Waals surface area contributed by atoms with E-state index in [0.717, 1.165) is 10.7 Å². The van der Waals surface area contributed by atoms with Crippen molar-refractivity contribution in [2.45, 2.75) is 24.9 Å². The molecule has 0 saturated heterocycles. The Labute approximate surface area is 218 Å². The number of carbonyl (C=O) groups excluding carboxylic acids is 1. The molecular weight excluding hydrogens is 562 g/mol. The molecule has 1 aromatic heterocycles. The van der Waals surface area contributed by atoms with E-state index in [1.807, 2.05) is 0 Å². The van der Waals surface area contributed by atoms with Crippen LogP contribution in [0.1, 0.15) is 35.3 Å². The normalized spacial score (nSPS) is 12.7. The molecule has 0 fully saturated rings. The zero-order chi connectivity index (χ0) is 27.5. The van der Waals surface area contributed by atoms with Crippen molar-refractivity contribution in [2.24, 2.45) is 0 Å². The van der Waals surface area contributed by atoms with E-state index in [-0.39, 0.29) is 34.3 Å². The van der Waals surface area contributed by atoms with Crippen LogP contribution < -0.4 is 9.50 Å². The molecule has 0 unspecified atom stereocenters. The lowest BCUT2D eigenvalue weighted by Gasteiger charge is -2.17. The van der Waals surface area contributed by atoms with Crippen molar-refractivity contribution in [3.8, 4) is 17.1 Å². The number of nitrogens with zero attached hydrogens (tertiary/aromatic N) is 2. The number of carboxylic acid groups (broad SMARTS) is 1. The van der Waals surface area contributed by atoms with Gasteiger partial charge in [0.05, 0.1) is 18.2 Å². The van der Waals surface area contributed by atoms with E-state index in [4.69, 9.17) is 28.3 Å². The monoisotopic (exact) mass is 579 g/mol. The molecule has 0 saturated carbocycles. The van der Waals surface area contributed by atoms with Crippen LogP contribution in [0.4, 0.5) is 13.2 Å². The van der Waals surface area contributed by atoms with Crippen molar-refractivity contribution < 1.29 is 40.5 Å². The zero-order valence-electron chi connectivity index (χ0n) is 18.8. The summed E-state index contributed by atoms with van der Waals surface area (Å²) >= 11 is 12.0. The van der Waals surface area contributed by atoms with E-state index in [2.05, 4.69) is 14.6 Å². The molecule has 15 heteroatoms. The van der Waals surface area contributed by atoms with Crippen LogP contribution in [0.2, 0.25) is 10.0 Å². The Bertz CT molecular complexity index is 1410. The van der Waals surface area contributed by atoms with Crippen molar-refractivity contribution in [1.82, 2.24) is 15.1 Å². The molecule has 0 bridgehead atoms. The molecule has 0 radical (unpaired) electrons. The van der Waals surface area contributed by atoms with Gasteiger partial charge in [0.15, 0.2) is 0 Å². The highest BCUT2D eigenvalue weighted by Gasteiger charge is 2.49. The van der Waals surface area contributed by atoms with Crippen LogP contribution in [0.25, 0.3) is 11.3 Å². The minimum absolute atomic E-state index is 0.0399. The number of nitrogens with one attached hydrogen (secondary N) is 1. The maximum atomic E-state index is 13.0. The van der Waals surface area contributed by atoms with Crippen molar-refractivity contribution in [1.29, 1.82) is 0 Å². The summed E-state index contributed by atoms with van der Waals surface area (Å²) in [5, 5.41) is 15.8. The van der Waals surface area contributed by atoms with Crippen LogP contribution >= 0.6 is 23.2 Å². The Balaban J connectivity index is 1.97. The van der Waals surface area contributed by atoms with Crippen molar-refractivity contribution in [3.63, 3.8) is 0 Å². The fraction of sp³-hybridized carbons (Fsp3) is 0.227. The molecule has 1 atom stereocenters. The first-order valence-electron chi connectivity index (χ1n) is 10.3. The molecule has 0 aliphatic heterocycles. The molecule has 198 valence electrons. The summed E-state index contributed by atoms with van der Waals surface area (Å²) in [6.45, 7) is 1.45. The van der Waals surface area contributed by atoms with Crippen molar-refractivity contribution >= 4 is 45.2 Å². The van der Waals surface area contributed by atoms with Gasteiger partial charge >= 0.3 is 21.6 Å². The van der Waals surface area contributed by atoms with Crippen LogP contribution in [-0.4, -0.2) is 47.2 Å². The molecule has 0 spiro atoms. The van der Waals surface area contributed by atoms with Gasteiger partial charge in [0, 0.05) is 33.8 Å². The summed E-state index contributed by atoms with van der Waals surface area (Å²) in [7, 11) is -6.01. The Morgan fingerprint density at radius 1 is 1.11 bits per heavy atom. The predicted molar refractivity (Wildman–Crippen MR) is 128 cm³/mol. The van der Waals surface area contributed by atoms with Gasteiger partial charge in [-0.15, -0.1) is 0 Å². The fourth-order valence-electron chi connectivity index (χ4n) is 3.16. The largest absolute Gasteiger partial charge is 0.534 e. The Hall–Kier alpha value is -3.29. The predicted octanol–water partition coefficient (Wildman–Crippen LogP) is 4.90. The van der Waals surface area contributed by atoms with E-state index in [9.17, 15) is 31.2 Å². The number of amides is 1. The summed E-state index contributed by atoms with van der Waals surface area (Å²) in [6.07, 6.45) is -0.260. The average Bonchev–Trinajstić information content (AvgIpc) is 3.20. The average molecular weight is 580 g/mol. The van der Waals surface area contributed by atoms with Gasteiger partial charge < -0.3 is 14.6 Å². The topological polar surface area (TPSA) is 128 Å². The van der Waals surface area contributed by atoms with E-state index < -0.39 is 39.4 Å². The standard InChI is InChI=1S/C22H18Cl2F3N3O6S/c1-12(13-2-4-14(5-3-13)21(33)28-7-6-20(31)32)30-19(36-37(34,35)22(25,26)27)11-18(29-30)15-8-16(23)10-17(24)9-15/h2-5,8-12H,6-7H2,1H3,(H,28,33)(H,31,32)/t12-/m1/s1. The summed E-state index contributed by atoms with van der Waals surface area (Å²) in [6, 6.07) is 10.2. The molecule has 3 rings (SSSR count). The number of alkyl halides is 3. The van der Waals surface area contributed by atoms with Gasteiger partial charge in [0.1, 0.15) is 0 Å². The second-order valence-electron chi connectivity index (χ2n) is 7.65. The molecule has 37 heavy (non-hydrogen) atoms. The molecular formula is C22H18Cl2F3N3O6S. The summed E-state index contributed by atoms with van der Waals surface area (Å²) in [4.78, 5) is 22.7. The van der Waals surface area contributed by atoms with Gasteiger partial charge in [0.25, 0.3) is 5.91 Å². The first-order valence-corrected chi connectivity index (χ1v) is 12.5. The van der Waals surface area contributed by atoms with Crippen LogP contribution in [0, 0.1) is 0 Å². The lowest BCUT2D eigenvalue weighted by atomic mass is 10.1. The van der Waals surface area contributed by atoms with Crippen LogP contribution in [0.5, 0.6) is 5.88 Å². The van der Waals surface area contributed by atoms with Crippen molar-refractivity contribution in [3.05, 3.63) is 69.7 Å². The van der Waals surface area contributed by atoms with Gasteiger partial charge in [-0.2, -0.15) is 26.7 Å². The minimum Gasteiger partial charge on any atom is -0.481 e. The molecule has 1 amide bonds. The van der Waals surface area contributed by atoms with E-state index in [1.165, 1.54) is 49.4 Å². The number of carbonyl (C=O) groups is 2. The lowest BCUT2D eigenvalue weighted by molar-refractivity contribution is -0.136.